The first kappa shape index (κ1) is 19.6. The summed E-state index contributed by atoms with van der Waals surface area (Å²) >= 11 is 8.36. The van der Waals surface area contributed by atoms with Crippen molar-refractivity contribution in [1.82, 2.24) is 0 Å². The zero-order chi connectivity index (χ0) is 15.5. The lowest BCUT2D eigenvalue weighted by Gasteiger charge is -2.21. The third kappa shape index (κ3) is 8.04. The number of hydrogen-bond donors (Lipinski definition) is 2. The molecule has 4 nitrogen and oxygen atoms in total. The zero-order valence-corrected chi connectivity index (χ0v) is 14.3. The van der Waals surface area contributed by atoms with Crippen molar-refractivity contribution < 1.29 is 19.1 Å². The maximum absolute atomic E-state index is 11.8. The molecule has 0 aromatic carbocycles. The van der Waals surface area contributed by atoms with Crippen LogP contribution in [0, 0.1) is 0 Å². The molecule has 2 atom stereocenters. The molecule has 0 radical (unpaired) electrons. The third-order valence-corrected chi connectivity index (χ3v) is 3.63. The van der Waals surface area contributed by atoms with Gasteiger partial charge in [0, 0.05) is 6.42 Å². The van der Waals surface area contributed by atoms with E-state index in [-0.39, 0.29) is 0 Å². The van der Waals surface area contributed by atoms with Crippen molar-refractivity contribution in [2.45, 2.75) is 76.1 Å². The highest BCUT2D eigenvalue weighted by molar-refractivity contribution is 7.82. The normalized spacial score (nSPS) is 15.2. The summed E-state index contributed by atoms with van der Waals surface area (Å²) < 4.78 is 10.4. The minimum Gasteiger partial charge on any atom is -0.424 e. The quantitative estimate of drug-likeness (QED) is 0.368. The second-order valence-electron chi connectivity index (χ2n) is 4.70. The smallest absolute Gasteiger partial charge is 0.321 e. The topological polar surface area (TPSA) is 52.6 Å². The molecule has 2 unspecified atom stereocenters. The molecule has 0 rings (SSSR count). The van der Waals surface area contributed by atoms with Crippen LogP contribution >= 0.6 is 25.3 Å². The lowest BCUT2D eigenvalue weighted by atomic mass is 10.2. The van der Waals surface area contributed by atoms with E-state index in [1.807, 2.05) is 20.8 Å². The van der Waals surface area contributed by atoms with E-state index in [0.717, 1.165) is 19.3 Å². The summed E-state index contributed by atoms with van der Waals surface area (Å²) in [6.07, 6.45) is 3.36. The van der Waals surface area contributed by atoms with Crippen LogP contribution in [0.25, 0.3) is 0 Å². The molecule has 20 heavy (non-hydrogen) atoms. The highest BCUT2D eigenvalue weighted by atomic mass is 32.1. The van der Waals surface area contributed by atoms with Gasteiger partial charge in [0.25, 0.3) is 0 Å². The van der Waals surface area contributed by atoms with Crippen LogP contribution in [-0.2, 0) is 19.1 Å². The Hall–Kier alpha value is -0.360. The Morgan fingerprint density at radius 3 is 1.45 bits per heavy atom. The Morgan fingerprint density at radius 2 is 1.15 bits per heavy atom. The monoisotopic (exact) mass is 322 g/mol. The van der Waals surface area contributed by atoms with Gasteiger partial charge in [0.2, 0.25) is 6.29 Å². The molecule has 0 fully saturated rings. The second-order valence-corrected chi connectivity index (χ2v) is 5.95. The number of rotatable bonds is 10. The van der Waals surface area contributed by atoms with Crippen LogP contribution in [0.1, 0.15) is 59.3 Å². The molecule has 0 N–H and O–H groups in total. The fourth-order valence-corrected chi connectivity index (χ4v) is 2.21. The summed E-state index contributed by atoms with van der Waals surface area (Å²) in [6.45, 7) is 5.87. The average Bonchev–Trinajstić information content (AvgIpc) is 2.39. The van der Waals surface area contributed by atoms with Gasteiger partial charge in [-0.1, -0.05) is 33.6 Å². The summed E-state index contributed by atoms with van der Waals surface area (Å²) in [5.41, 5.74) is 0. The number of hydrogen-bond acceptors (Lipinski definition) is 6. The average molecular weight is 322 g/mol. The molecule has 0 aromatic heterocycles. The molecule has 118 valence electrons. The summed E-state index contributed by atoms with van der Waals surface area (Å²) in [5.74, 6) is -0.875. The van der Waals surface area contributed by atoms with Crippen molar-refractivity contribution in [3.05, 3.63) is 0 Å². The maximum atomic E-state index is 11.8. The van der Waals surface area contributed by atoms with E-state index in [9.17, 15) is 9.59 Å². The van der Waals surface area contributed by atoms with E-state index in [1.165, 1.54) is 0 Å². The van der Waals surface area contributed by atoms with Crippen LogP contribution < -0.4 is 0 Å². The Labute approximate surface area is 132 Å². The highest BCUT2D eigenvalue weighted by Gasteiger charge is 2.24. The Morgan fingerprint density at radius 1 is 0.800 bits per heavy atom. The molecule has 0 spiro atoms. The van der Waals surface area contributed by atoms with Gasteiger partial charge in [-0.05, 0) is 19.3 Å². The molecule has 0 heterocycles. The van der Waals surface area contributed by atoms with Gasteiger partial charge in [-0.3, -0.25) is 9.59 Å². The first-order valence-electron chi connectivity index (χ1n) is 7.23. The van der Waals surface area contributed by atoms with E-state index in [1.54, 1.807) is 0 Å². The Bertz CT molecular complexity index is 271. The van der Waals surface area contributed by atoms with Crippen molar-refractivity contribution in [1.29, 1.82) is 0 Å². The van der Waals surface area contributed by atoms with Crippen molar-refractivity contribution in [3.63, 3.8) is 0 Å². The van der Waals surface area contributed by atoms with Crippen LogP contribution in [0.15, 0.2) is 0 Å². The number of thiol groups is 2. The van der Waals surface area contributed by atoms with Crippen LogP contribution in [0.2, 0.25) is 0 Å². The summed E-state index contributed by atoms with van der Waals surface area (Å²) in [7, 11) is 0. The van der Waals surface area contributed by atoms with Gasteiger partial charge in [-0.25, -0.2) is 0 Å². The fraction of sp³-hybridized carbons (Fsp3) is 0.857. The molecule has 6 heteroatoms. The molecular formula is C14H26O4S2. The molecular weight excluding hydrogens is 296 g/mol. The minimum atomic E-state index is -0.835. The molecule has 0 aliphatic carbocycles. The predicted molar refractivity (Wildman–Crippen MR) is 86.2 cm³/mol. The van der Waals surface area contributed by atoms with Gasteiger partial charge in [0.15, 0.2) is 0 Å². The lowest BCUT2D eigenvalue weighted by molar-refractivity contribution is -0.188. The number of carbonyl (C=O) groups excluding carboxylic acids is 2. The standard InChI is InChI=1S/C14H26O4S2/c1-4-7-10(19)13(15)17-12(9-6-3)18-14(16)11(20)8-5-2/h10-12,19-20H,4-9H2,1-3H3. The van der Waals surface area contributed by atoms with E-state index in [2.05, 4.69) is 25.3 Å². The van der Waals surface area contributed by atoms with Crippen molar-refractivity contribution in [2.24, 2.45) is 0 Å². The Balaban J connectivity index is 4.41. The molecule has 0 aliphatic rings. The molecule has 0 amide bonds. The summed E-state index contributed by atoms with van der Waals surface area (Å²) in [4.78, 5) is 23.6. The van der Waals surface area contributed by atoms with E-state index in [0.29, 0.717) is 19.3 Å². The molecule has 0 saturated carbocycles. The van der Waals surface area contributed by atoms with E-state index < -0.39 is 28.7 Å². The van der Waals surface area contributed by atoms with Crippen LogP contribution in [0.5, 0.6) is 0 Å². The molecule has 0 aliphatic heterocycles. The number of carbonyl (C=O) groups is 2. The first-order valence-corrected chi connectivity index (χ1v) is 8.26. The van der Waals surface area contributed by atoms with Crippen LogP contribution in [0.4, 0.5) is 0 Å². The number of esters is 2. The molecule has 0 aromatic rings. The van der Waals surface area contributed by atoms with Gasteiger partial charge in [-0.2, -0.15) is 25.3 Å². The van der Waals surface area contributed by atoms with Gasteiger partial charge in [-0.15, -0.1) is 0 Å². The van der Waals surface area contributed by atoms with Crippen molar-refractivity contribution >= 4 is 37.2 Å². The van der Waals surface area contributed by atoms with Crippen LogP contribution in [-0.4, -0.2) is 28.7 Å². The fourth-order valence-electron chi connectivity index (χ4n) is 1.58. The minimum absolute atomic E-state index is 0.437. The highest BCUT2D eigenvalue weighted by Crippen LogP contribution is 2.14. The van der Waals surface area contributed by atoms with Gasteiger partial charge in [0.05, 0.1) is 10.5 Å². The van der Waals surface area contributed by atoms with Gasteiger partial charge < -0.3 is 9.47 Å². The van der Waals surface area contributed by atoms with E-state index in [4.69, 9.17) is 9.47 Å². The zero-order valence-electron chi connectivity index (χ0n) is 12.5. The third-order valence-electron chi connectivity index (χ3n) is 2.69. The molecule has 0 saturated heterocycles. The van der Waals surface area contributed by atoms with Crippen molar-refractivity contribution in [2.75, 3.05) is 0 Å². The number of ether oxygens (including phenoxy) is 2. The van der Waals surface area contributed by atoms with E-state index >= 15 is 0 Å². The Kier molecular flexibility index (Phi) is 11.1. The largest absolute Gasteiger partial charge is 0.424 e. The predicted octanol–water partition coefficient (Wildman–Crippen LogP) is 3.40. The maximum Gasteiger partial charge on any atom is 0.321 e. The summed E-state index contributed by atoms with van der Waals surface area (Å²) in [5, 5.41) is -0.944. The SMILES string of the molecule is CCCC(OC(=O)C(S)CCC)OC(=O)C(S)CCC. The van der Waals surface area contributed by atoms with Crippen molar-refractivity contribution in [3.8, 4) is 0 Å². The first-order chi connectivity index (χ1) is 9.46. The molecule has 0 bridgehead atoms. The van der Waals surface area contributed by atoms with Gasteiger partial charge >= 0.3 is 11.9 Å². The van der Waals surface area contributed by atoms with Crippen LogP contribution in [0.3, 0.4) is 0 Å². The second kappa shape index (κ2) is 11.3. The lowest BCUT2D eigenvalue weighted by Crippen LogP contribution is -2.31. The summed E-state index contributed by atoms with van der Waals surface area (Å²) in [6, 6.07) is 0. The van der Waals surface area contributed by atoms with Gasteiger partial charge in [0.1, 0.15) is 0 Å².